The minimum absolute atomic E-state index is 0.0716. The van der Waals surface area contributed by atoms with Crippen molar-refractivity contribution >= 4 is 26.9 Å². The molecule has 0 saturated heterocycles. The average Bonchev–Trinajstić information content (AvgIpc) is 2.41. The number of rotatable bonds is 4. The molecule has 22 heavy (non-hydrogen) atoms. The molecule has 1 aromatic carbocycles. The molecule has 6 nitrogen and oxygen atoms in total. The highest BCUT2D eigenvalue weighted by Crippen LogP contribution is 2.23. The lowest BCUT2D eigenvalue weighted by atomic mass is 9.97. The van der Waals surface area contributed by atoms with E-state index < -0.39 is 15.7 Å². The van der Waals surface area contributed by atoms with Crippen molar-refractivity contribution < 1.29 is 22.2 Å². The SMILES string of the molecule is Cc1c(CC(=O)C(C)C)c(=O)oc2ccc(S(=O)(=O)O)cc12. The average molecular weight is 324 g/mol. The molecule has 0 aliphatic carbocycles. The zero-order chi connectivity index (χ0) is 16.7. The number of Topliss-reactive ketones (excluding diaryl/α,β-unsaturated/α-hetero) is 1. The molecule has 118 valence electrons. The largest absolute Gasteiger partial charge is 0.423 e. The van der Waals surface area contributed by atoms with Gasteiger partial charge in [-0.1, -0.05) is 13.8 Å². The topological polar surface area (TPSA) is 102 Å². The number of benzene rings is 1. The monoisotopic (exact) mass is 324 g/mol. The van der Waals surface area contributed by atoms with Gasteiger partial charge in [0, 0.05) is 23.3 Å². The van der Waals surface area contributed by atoms with Gasteiger partial charge >= 0.3 is 5.63 Å². The van der Waals surface area contributed by atoms with E-state index in [4.69, 9.17) is 8.97 Å². The van der Waals surface area contributed by atoms with Crippen LogP contribution in [-0.4, -0.2) is 18.8 Å². The number of hydrogen-bond donors (Lipinski definition) is 1. The van der Waals surface area contributed by atoms with Crippen LogP contribution in [0.15, 0.2) is 32.3 Å². The highest BCUT2D eigenvalue weighted by atomic mass is 32.2. The summed E-state index contributed by atoms with van der Waals surface area (Å²) in [5.74, 6) is -0.334. The standard InChI is InChI=1S/C15H16O6S/c1-8(2)13(16)7-12-9(3)11-6-10(22(18,19)20)4-5-14(11)21-15(12)17/h4-6,8H,7H2,1-3H3,(H,18,19,20). The molecule has 0 aliphatic rings. The fourth-order valence-electron chi connectivity index (χ4n) is 2.11. The summed E-state index contributed by atoms with van der Waals surface area (Å²) in [6.07, 6.45) is -0.0716. The van der Waals surface area contributed by atoms with Crippen LogP contribution in [0.3, 0.4) is 0 Å². The van der Waals surface area contributed by atoms with Crippen LogP contribution in [0.2, 0.25) is 0 Å². The Kier molecular flexibility index (Phi) is 4.21. The van der Waals surface area contributed by atoms with Gasteiger partial charge in [0.15, 0.2) is 0 Å². The third kappa shape index (κ3) is 3.10. The Labute approximate surface area is 127 Å². The minimum Gasteiger partial charge on any atom is -0.423 e. The zero-order valence-corrected chi connectivity index (χ0v) is 13.2. The molecule has 7 heteroatoms. The minimum atomic E-state index is -4.36. The van der Waals surface area contributed by atoms with E-state index in [1.807, 2.05) is 0 Å². The first-order chi connectivity index (χ1) is 10.1. The molecule has 1 aromatic heterocycles. The van der Waals surface area contributed by atoms with Crippen LogP contribution in [0.4, 0.5) is 0 Å². The smallest absolute Gasteiger partial charge is 0.340 e. The molecule has 0 amide bonds. The first kappa shape index (κ1) is 16.4. The van der Waals surface area contributed by atoms with Crippen molar-refractivity contribution in [3.8, 4) is 0 Å². The molecule has 0 fully saturated rings. The van der Waals surface area contributed by atoms with Gasteiger partial charge in [0.25, 0.3) is 10.1 Å². The number of carbonyl (C=O) groups excluding carboxylic acids is 1. The Bertz CT molecular complexity index is 906. The second kappa shape index (κ2) is 5.66. The van der Waals surface area contributed by atoms with Gasteiger partial charge in [-0.05, 0) is 30.7 Å². The van der Waals surface area contributed by atoms with Gasteiger partial charge in [-0.2, -0.15) is 8.42 Å². The summed E-state index contributed by atoms with van der Waals surface area (Å²) < 4.78 is 36.7. The van der Waals surface area contributed by atoms with Crippen molar-refractivity contribution in [2.24, 2.45) is 5.92 Å². The molecule has 0 bridgehead atoms. The van der Waals surface area contributed by atoms with E-state index in [1.54, 1.807) is 20.8 Å². The predicted molar refractivity (Wildman–Crippen MR) is 80.6 cm³/mol. The summed E-state index contributed by atoms with van der Waals surface area (Å²) in [5.41, 5.74) is 0.277. The van der Waals surface area contributed by atoms with Crippen LogP contribution in [0.5, 0.6) is 0 Å². The quantitative estimate of drug-likeness (QED) is 0.682. The number of carbonyl (C=O) groups is 1. The molecule has 0 unspecified atom stereocenters. The molecule has 0 atom stereocenters. The highest BCUT2D eigenvalue weighted by Gasteiger charge is 2.18. The lowest BCUT2D eigenvalue weighted by molar-refractivity contribution is -0.121. The van der Waals surface area contributed by atoms with Crippen molar-refractivity contribution in [1.82, 2.24) is 0 Å². The van der Waals surface area contributed by atoms with E-state index in [9.17, 15) is 18.0 Å². The summed E-state index contributed by atoms with van der Waals surface area (Å²) >= 11 is 0. The van der Waals surface area contributed by atoms with Crippen LogP contribution in [-0.2, 0) is 21.3 Å². The van der Waals surface area contributed by atoms with Crippen LogP contribution in [0.25, 0.3) is 11.0 Å². The van der Waals surface area contributed by atoms with Gasteiger partial charge in [-0.3, -0.25) is 9.35 Å². The second-order valence-corrected chi connectivity index (χ2v) is 6.85. The van der Waals surface area contributed by atoms with Crippen LogP contribution < -0.4 is 5.63 Å². The maximum atomic E-state index is 12.0. The first-order valence-electron chi connectivity index (χ1n) is 6.68. The summed E-state index contributed by atoms with van der Waals surface area (Å²) in [5, 5.41) is 0.376. The van der Waals surface area contributed by atoms with Gasteiger partial charge in [0.2, 0.25) is 0 Å². The molecular formula is C15H16O6S. The summed E-state index contributed by atoms with van der Waals surface area (Å²) in [7, 11) is -4.36. The summed E-state index contributed by atoms with van der Waals surface area (Å²) in [6, 6.07) is 3.69. The van der Waals surface area contributed by atoms with Gasteiger partial charge < -0.3 is 4.42 Å². The predicted octanol–water partition coefficient (Wildman–Crippen LogP) is 2.12. The molecule has 1 heterocycles. The van der Waals surface area contributed by atoms with Crippen molar-refractivity contribution in [2.75, 3.05) is 0 Å². The fraction of sp³-hybridized carbons (Fsp3) is 0.333. The maximum absolute atomic E-state index is 12.0. The van der Waals surface area contributed by atoms with Crippen molar-refractivity contribution in [3.63, 3.8) is 0 Å². The molecular weight excluding hydrogens is 308 g/mol. The van der Waals surface area contributed by atoms with Crippen LogP contribution in [0, 0.1) is 12.8 Å². The van der Waals surface area contributed by atoms with E-state index >= 15 is 0 Å². The second-order valence-electron chi connectivity index (χ2n) is 5.42. The van der Waals surface area contributed by atoms with Crippen molar-refractivity contribution in [2.45, 2.75) is 32.1 Å². The molecule has 0 radical (unpaired) electrons. The van der Waals surface area contributed by atoms with Crippen molar-refractivity contribution in [1.29, 1.82) is 0 Å². The molecule has 1 N–H and O–H groups in total. The number of ketones is 1. The Morgan fingerprint density at radius 2 is 1.95 bits per heavy atom. The van der Waals surface area contributed by atoms with Crippen molar-refractivity contribution in [3.05, 3.63) is 39.7 Å². The van der Waals surface area contributed by atoms with E-state index in [2.05, 4.69) is 0 Å². The number of hydrogen-bond acceptors (Lipinski definition) is 5. The third-order valence-corrected chi connectivity index (χ3v) is 4.40. The Morgan fingerprint density at radius 3 is 2.50 bits per heavy atom. The molecule has 0 spiro atoms. The lowest BCUT2D eigenvalue weighted by Crippen LogP contribution is -2.18. The summed E-state index contributed by atoms with van der Waals surface area (Å²) in [6.45, 7) is 5.09. The van der Waals surface area contributed by atoms with E-state index in [0.29, 0.717) is 10.9 Å². The highest BCUT2D eigenvalue weighted by molar-refractivity contribution is 7.85. The van der Waals surface area contributed by atoms with E-state index in [0.717, 1.165) is 6.07 Å². The Balaban J connectivity index is 2.69. The van der Waals surface area contributed by atoms with Crippen LogP contribution in [0.1, 0.15) is 25.0 Å². The van der Waals surface area contributed by atoms with Crippen LogP contribution >= 0.6 is 0 Å². The number of aryl methyl sites for hydroxylation is 1. The molecule has 2 aromatic rings. The first-order valence-corrected chi connectivity index (χ1v) is 8.12. The van der Waals surface area contributed by atoms with Gasteiger partial charge in [-0.25, -0.2) is 4.79 Å². The van der Waals surface area contributed by atoms with E-state index in [1.165, 1.54) is 12.1 Å². The Morgan fingerprint density at radius 1 is 1.32 bits per heavy atom. The lowest BCUT2D eigenvalue weighted by Gasteiger charge is -2.09. The molecule has 0 aliphatic heterocycles. The summed E-state index contributed by atoms with van der Waals surface area (Å²) in [4.78, 5) is 23.6. The maximum Gasteiger partial charge on any atom is 0.340 e. The Hall–Kier alpha value is -1.99. The zero-order valence-electron chi connectivity index (χ0n) is 12.4. The molecule has 2 rings (SSSR count). The third-order valence-electron chi connectivity index (χ3n) is 3.55. The molecule has 0 saturated carbocycles. The van der Waals surface area contributed by atoms with Gasteiger partial charge in [0.1, 0.15) is 11.4 Å². The van der Waals surface area contributed by atoms with Gasteiger partial charge in [0.05, 0.1) is 4.90 Å². The van der Waals surface area contributed by atoms with Gasteiger partial charge in [-0.15, -0.1) is 0 Å². The normalized spacial score (nSPS) is 12.0. The van der Waals surface area contributed by atoms with E-state index in [-0.39, 0.29) is 34.2 Å². The fourth-order valence-corrected chi connectivity index (χ4v) is 2.62. The number of fused-ring (bicyclic) bond motifs is 1.